The average Bonchev–Trinajstić information content (AvgIpc) is 2.80. The van der Waals surface area contributed by atoms with Crippen LogP contribution in [0, 0.1) is 11.3 Å². The molecule has 7 heteroatoms. The maximum Gasteiger partial charge on any atom is 0.245 e. The molecule has 2 amide bonds. The number of hydrogen-bond donors (Lipinski definition) is 2. The number of thiophene rings is 1. The minimum absolute atomic E-state index is 0.0321. The second kappa shape index (κ2) is 5.38. The molecule has 0 aromatic carbocycles. The Labute approximate surface area is 114 Å². The fourth-order valence-electron chi connectivity index (χ4n) is 2.27. The van der Waals surface area contributed by atoms with Crippen LogP contribution in [0.3, 0.4) is 0 Å². The normalized spacial score (nSPS) is 17.7. The molecule has 0 spiro atoms. The van der Waals surface area contributed by atoms with Gasteiger partial charge in [-0.05, 0) is 12.0 Å². The summed E-state index contributed by atoms with van der Waals surface area (Å²) in [6.07, 6.45) is 0.498. The molecular formula is C12H13N3O3S. The number of rotatable bonds is 3. The van der Waals surface area contributed by atoms with E-state index >= 15 is 0 Å². The van der Waals surface area contributed by atoms with E-state index in [0.29, 0.717) is 23.4 Å². The predicted molar refractivity (Wildman–Crippen MR) is 68.1 cm³/mol. The number of carbonyl (C=O) groups excluding carboxylic acids is 2. The van der Waals surface area contributed by atoms with Crippen molar-refractivity contribution in [3.63, 3.8) is 0 Å². The smallest absolute Gasteiger partial charge is 0.245 e. The van der Waals surface area contributed by atoms with E-state index in [1.165, 1.54) is 16.2 Å². The number of aliphatic hydroxyl groups is 1. The Bertz CT molecular complexity index is 561. The molecule has 0 saturated carbocycles. The van der Waals surface area contributed by atoms with Gasteiger partial charge in [-0.3, -0.25) is 9.59 Å². The van der Waals surface area contributed by atoms with Crippen LogP contribution in [-0.4, -0.2) is 35.0 Å². The Morgan fingerprint density at radius 3 is 2.95 bits per heavy atom. The van der Waals surface area contributed by atoms with Crippen molar-refractivity contribution in [2.75, 3.05) is 13.2 Å². The molecule has 6 nitrogen and oxygen atoms in total. The van der Waals surface area contributed by atoms with Crippen LogP contribution < -0.4 is 5.73 Å². The monoisotopic (exact) mass is 279 g/mol. The van der Waals surface area contributed by atoms with Crippen LogP contribution in [0.1, 0.15) is 28.5 Å². The van der Waals surface area contributed by atoms with Gasteiger partial charge in [0.25, 0.3) is 0 Å². The molecule has 1 atom stereocenters. The summed E-state index contributed by atoms with van der Waals surface area (Å²) in [6, 6.07) is 1.25. The van der Waals surface area contributed by atoms with Crippen LogP contribution in [0.25, 0.3) is 0 Å². The Balaban J connectivity index is 2.40. The van der Waals surface area contributed by atoms with Crippen LogP contribution in [0.2, 0.25) is 0 Å². The summed E-state index contributed by atoms with van der Waals surface area (Å²) < 4.78 is 0. The van der Waals surface area contributed by atoms with Gasteiger partial charge in [0, 0.05) is 23.2 Å². The molecule has 100 valence electrons. The Morgan fingerprint density at radius 2 is 2.37 bits per heavy atom. The molecule has 0 fully saturated rings. The van der Waals surface area contributed by atoms with E-state index in [9.17, 15) is 9.59 Å². The van der Waals surface area contributed by atoms with Gasteiger partial charge in [0.2, 0.25) is 11.8 Å². The van der Waals surface area contributed by atoms with Crippen molar-refractivity contribution < 1.29 is 14.7 Å². The second-order valence-electron chi connectivity index (χ2n) is 4.22. The maximum atomic E-state index is 11.9. The second-order valence-corrected chi connectivity index (χ2v) is 5.13. The first-order valence-electron chi connectivity index (χ1n) is 5.80. The van der Waals surface area contributed by atoms with Crippen molar-refractivity contribution in [1.29, 1.82) is 5.26 Å². The molecule has 0 saturated heterocycles. The summed E-state index contributed by atoms with van der Waals surface area (Å²) in [4.78, 5) is 25.6. The van der Waals surface area contributed by atoms with Gasteiger partial charge in [0.05, 0.1) is 12.2 Å². The number of hydrogen-bond acceptors (Lipinski definition) is 5. The van der Waals surface area contributed by atoms with Gasteiger partial charge in [-0.2, -0.15) is 5.26 Å². The number of fused-ring (bicyclic) bond motifs is 1. The quantitative estimate of drug-likeness (QED) is 0.806. The van der Waals surface area contributed by atoms with Gasteiger partial charge in [-0.1, -0.05) is 0 Å². The SMILES string of the molecule is N#Cc1csc2c1CCN(C(=O)CCO)C2C(N)=O. The maximum absolute atomic E-state index is 11.9. The molecule has 0 bridgehead atoms. The van der Waals surface area contributed by atoms with E-state index in [1.54, 1.807) is 5.38 Å². The summed E-state index contributed by atoms with van der Waals surface area (Å²) >= 11 is 1.27. The molecule has 2 rings (SSSR count). The number of amides is 2. The summed E-state index contributed by atoms with van der Waals surface area (Å²) in [5.74, 6) is -0.914. The molecule has 3 N–H and O–H groups in total. The van der Waals surface area contributed by atoms with E-state index in [2.05, 4.69) is 6.07 Å². The van der Waals surface area contributed by atoms with Gasteiger partial charge in [0.1, 0.15) is 12.1 Å². The molecule has 2 heterocycles. The molecule has 19 heavy (non-hydrogen) atoms. The Morgan fingerprint density at radius 1 is 1.63 bits per heavy atom. The molecular weight excluding hydrogens is 266 g/mol. The van der Waals surface area contributed by atoms with E-state index in [4.69, 9.17) is 16.1 Å². The minimum atomic E-state index is -0.824. The highest BCUT2D eigenvalue weighted by Gasteiger charge is 2.36. The highest BCUT2D eigenvalue weighted by Crippen LogP contribution is 2.36. The zero-order valence-corrected chi connectivity index (χ0v) is 10.9. The molecule has 1 aliphatic rings. The fourth-order valence-corrected chi connectivity index (χ4v) is 3.44. The number of nitrogens with two attached hydrogens (primary N) is 1. The summed E-state index contributed by atoms with van der Waals surface area (Å²) in [5.41, 5.74) is 6.74. The van der Waals surface area contributed by atoms with Crippen LogP contribution in [0.4, 0.5) is 0 Å². The third-order valence-corrected chi connectivity index (χ3v) is 4.20. The largest absolute Gasteiger partial charge is 0.396 e. The lowest BCUT2D eigenvalue weighted by atomic mass is 9.97. The molecule has 1 aromatic heterocycles. The van der Waals surface area contributed by atoms with Gasteiger partial charge in [-0.25, -0.2) is 0 Å². The van der Waals surface area contributed by atoms with Gasteiger partial charge in [-0.15, -0.1) is 11.3 Å². The van der Waals surface area contributed by atoms with Crippen LogP contribution in [0.5, 0.6) is 0 Å². The standard InChI is InChI=1S/C12H13N3O3S/c13-5-7-6-19-11-8(7)1-3-15(9(17)2-4-16)10(11)12(14)18/h6,10,16H,1-4H2,(H2,14,18). The zero-order valence-electron chi connectivity index (χ0n) is 10.1. The van der Waals surface area contributed by atoms with Crippen molar-refractivity contribution in [1.82, 2.24) is 4.90 Å². The molecule has 0 radical (unpaired) electrons. The Hall–Kier alpha value is -1.91. The summed E-state index contributed by atoms with van der Waals surface area (Å²) in [7, 11) is 0. The van der Waals surface area contributed by atoms with E-state index < -0.39 is 11.9 Å². The highest BCUT2D eigenvalue weighted by atomic mass is 32.1. The van der Waals surface area contributed by atoms with Crippen molar-refractivity contribution in [2.45, 2.75) is 18.9 Å². The Kier molecular flexibility index (Phi) is 3.83. The van der Waals surface area contributed by atoms with E-state index in [-0.39, 0.29) is 18.9 Å². The average molecular weight is 279 g/mol. The first kappa shape index (κ1) is 13.5. The molecule has 1 unspecified atom stereocenters. The number of aliphatic hydroxyl groups excluding tert-OH is 1. The van der Waals surface area contributed by atoms with Crippen molar-refractivity contribution in [3.05, 3.63) is 21.4 Å². The van der Waals surface area contributed by atoms with Crippen LogP contribution >= 0.6 is 11.3 Å². The van der Waals surface area contributed by atoms with Gasteiger partial charge >= 0.3 is 0 Å². The third kappa shape index (κ3) is 2.32. The van der Waals surface area contributed by atoms with Crippen LogP contribution in [0.15, 0.2) is 5.38 Å². The lowest BCUT2D eigenvalue weighted by molar-refractivity contribution is -0.140. The van der Waals surface area contributed by atoms with E-state index in [0.717, 1.165) is 5.56 Å². The van der Waals surface area contributed by atoms with Crippen molar-refractivity contribution >= 4 is 23.2 Å². The molecule has 1 aliphatic heterocycles. The van der Waals surface area contributed by atoms with Crippen molar-refractivity contribution in [2.24, 2.45) is 5.73 Å². The number of nitriles is 1. The topological polar surface area (TPSA) is 107 Å². The number of nitrogens with zero attached hydrogens (tertiary/aromatic N) is 2. The third-order valence-electron chi connectivity index (χ3n) is 3.12. The first-order valence-corrected chi connectivity index (χ1v) is 6.68. The highest BCUT2D eigenvalue weighted by molar-refractivity contribution is 7.10. The van der Waals surface area contributed by atoms with Crippen LogP contribution in [-0.2, 0) is 16.0 Å². The summed E-state index contributed by atoms with van der Waals surface area (Å²) in [6.45, 7) is 0.0758. The van der Waals surface area contributed by atoms with E-state index in [1.807, 2.05) is 0 Å². The molecule has 1 aromatic rings. The lowest BCUT2D eigenvalue weighted by Crippen LogP contribution is -2.45. The molecule has 0 aliphatic carbocycles. The van der Waals surface area contributed by atoms with Crippen molar-refractivity contribution in [3.8, 4) is 6.07 Å². The van der Waals surface area contributed by atoms with Gasteiger partial charge in [0.15, 0.2) is 0 Å². The first-order chi connectivity index (χ1) is 9.10. The summed E-state index contributed by atoms with van der Waals surface area (Å²) in [5, 5.41) is 19.5. The number of primary amides is 1. The number of carbonyl (C=O) groups is 2. The predicted octanol–water partition coefficient (Wildman–Crippen LogP) is -0.0867. The lowest BCUT2D eigenvalue weighted by Gasteiger charge is -2.33. The van der Waals surface area contributed by atoms with Gasteiger partial charge < -0.3 is 15.7 Å². The fraction of sp³-hybridized carbons (Fsp3) is 0.417. The zero-order chi connectivity index (χ0) is 14.0. The minimum Gasteiger partial charge on any atom is -0.396 e.